The van der Waals surface area contributed by atoms with Gasteiger partial charge in [-0.1, -0.05) is 0 Å². The van der Waals surface area contributed by atoms with Crippen molar-refractivity contribution in [2.24, 2.45) is 7.05 Å². The standard InChI is InChI=1S/C12H17F3N2O4S/c1-5-21-11(18)10-9(13)8(6-17(10)4)22(19,20)16-7(2)12(3,14)15/h6-7,16H,5H2,1-4H3/t7-/m0/s1. The third-order valence-electron chi connectivity index (χ3n) is 2.94. The third-order valence-corrected chi connectivity index (χ3v) is 4.47. The van der Waals surface area contributed by atoms with Gasteiger partial charge in [-0.3, -0.25) is 0 Å². The first kappa shape index (κ1) is 18.5. The van der Waals surface area contributed by atoms with E-state index in [1.807, 2.05) is 0 Å². The Labute approximate surface area is 126 Å². The van der Waals surface area contributed by atoms with Crippen molar-refractivity contribution in [2.45, 2.75) is 37.6 Å². The number of hydrogen-bond donors (Lipinski definition) is 1. The van der Waals surface area contributed by atoms with Crippen molar-refractivity contribution in [3.05, 3.63) is 17.7 Å². The first-order chi connectivity index (χ1) is 9.91. The highest BCUT2D eigenvalue weighted by Crippen LogP contribution is 2.23. The molecule has 0 unspecified atom stereocenters. The molecule has 1 rings (SSSR count). The van der Waals surface area contributed by atoms with Gasteiger partial charge in [-0.15, -0.1) is 0 Å². The molecule has 1 atom stereocenters. The van der Waals surface area contributed by atoms with Gasteiger partial charge in [-0.05, 0) is 13.8 Å². The number of nitrogens with one attached hydrogen (secondary N) is 1. The van der Waals surface area contributed by atoms with E-state index in [1.54, 1.807) is 4.72 Å². The molecule has 22 heavy (non-hydrogen) atoms. The lowest BCUT2D eigenvalue weighted by Gasteiger charge is -2.20. The number of halogens is 3. The Morgan fingerprint density at radius 2 is 2.05 bits per heavy atom. The molecule has 0 aliphatic carbocycles. The van der Waals surface area contributed by atoms with Crippen molar-refractivity contribution in [1.82, 2.24) is 9.29 Å². The lowest BCUT2D eigenvalue weighted by atomic mass is 10.2. The van der Waals surface area contributed by atoms with Crippen LogP contribution in [0.4, 0.5) is 13.2 Å². The fraction of sp³-hybridized carbons (Fsp3) is 0.583. The maximum Gasteiger partial charge on any atom is 0.358 e. The summed E-state index contributed by atoms with van der Waals surface area (Å²) in [6.45, 7) is 2.96. The second-order valence-electron chi connectivity index (χ2n) is 4.79. The van der Waals surface area contributed by atoms with E-state index in [9.17, 15) is 26.4 Å². The molecule has 1 aromatic heterocycles. The number of rotatable bonds is 6. The van der Waals surface area contributed by atoms with Crippen LogP contribution in [0.3, 0.4) is 0 Å². The summed E-state index contributed by atoms with van der Waals surface area (Å²) in [5.74, 6) is -5.72. The molecule has 0 bridgehead atoms. The minimum atomic E-state index is -4.56. The van der Waals surface area contributed by atoms with Crippen molar-refractivity contribution in [2.75, 3.05) is 6.61 Å². The summed E-state index contributed by atoms with van der Waals surface area (Å²) in [4.78, 5) is 10.7. The second-order valence-corrected chi connectivity index (χ2v) is 6.47. The van der Waals surface area contributed by atoms with Crippen LogP contribution in [0, 0.1) is 5.82 Å². The molecular formula is C12H17F3N2O4S. The Hall–Kier alpha value is -1.55. The molecular weight excluding hydrogens is 325 g/mol. The quantitative estimate of drug-likeness (QED) is 0.798. The molecule has 10 heteroatoms. The van der Waals surface area contributed by atoms with E-state index >= 15 is 0 Å². The van der Waals surface area contributed by atoms with Gasteiger partial charge in [-0.2, -0.15) is 0 Å². The van der Waals surface area contributed by atoms with Crippen LogP contribution in [0.25, 0.3) is 0 Å². The molecule has 0 amide bonds. The number of alkyl halides is 2. The number of aryl methyl sites for hydroxylation is 1. The smallest absolute Gasteiger partial charge is 0.358 e. The van der Waals surface area contributed by atoms with Crippen LogP contribution in [0.15, 0.2) is 11.1 Å². The van der Waals surface area contributed by atoms with E-state index in [4.69, 9.17) is 0 Å². The van der Waals surface area contributed by atoms with Crippen LogP contribution in [0.5, 0.6) is 0 Å². The van der Waals surface area contributed by atoms with Gasteiger partial charge in [0.05, 0.1) is 12.6 Å². The first-order valence-electron chi connectivity index (χ1n) is 6.33. The monoisotopic (exact) mass is 342 g/mol. The van der Waals surface area contributed by atoms with Crippen molar-refractivity contribution in [3.8, 4) is 0 Å². The highest BCUT2D eigenvalue weighted by Gasteiger charge is 2.36. The molecule has 0 spiro atoms. The van der Waals surface area contributed by atoms with Gasteiger partial charge in [0.25, 0.3) is 5.92 Å². The average Bonchev–Trinajstić information content (AvgIpc) is 2.64. The van der Waals surface area contributed by atoms with Crippen molar-refractivity contribution in [1.29, 1.82) is 0 Å². The molecule has 1 heterocycles. The molecule has 6 nitrogen and oxygen atoms in total. The van der Waals surface area contributed by atoms with Crippen LogP contribution in [-0.2, 0) is 21.8 Å². The lowest BCUT2D eigenvalue weighted by Crippen LogP contribution is -2.43. The van der Waals surface area contributed by atoms with Crippen LogP contribution in [-0.4, -0.2) is 37.5 Å². The second kappa shape index (κ2) is 6.29. The zero-order valence-electron chi connectivity index (χ0n) is 12.5. The normalized spacial score (nSPS) is 14.0. The predicted octanol–water partition coefficient (Wildman–Crippen LogP) is 1.66. The summed E-state index contributed by atoms with van der Waals surface area (Å²) in [5, 5.41) is 0. The number of ether oxygens (including phenoxy) is 1. The Morgan fingerprint density at radius 1 is 1.50 bits per heavy atom. The van der Waals surface area contributed by atoms with Crippen LogP contribution >= 0.6 is 0 Å². The number of aromatic nitrogens is 1. The maximum absolute atomic E-state index is 14.2. The van der Waals surface area contributed by atoms with Gasteiger partial charge >= 0.3 is 5.97 Å². The Kier molecular flexibility index (Phi) is 5.29. The summed E-state index contributed by atoms with van der Waals surface area (Å²) >= 11 is 0. The molecule has 0 radical (unpaired) electrons. The highest BCUT2D eigenvalue weighted by molar-refractivity contribution is 7.89. The lowest BCUT2D eigenvalue weighted by molar-refractivity contribution is -0.00491. The van der Waals surface area contributed by atoms with E-state index in [1.165, 1.54) is 14.0 Å². The van der Waals surface area contributed by atoms with Crippen molar-refractivity contribution < 1.29 is 31.1 Å². The first-order valence-corrected chi connectivity index (χ1v) is 7.82. The fourth-order valence-corrected chi connectivity index (χ4v) is 3.02. The van der Waals surface area contributed by atoms with Crippen LogP contribution in [0.1, 0.15) is 31.3 Å². The van der Waals surface area contributed by atoms with Gasteiger partial charge in [0.1, 0.15) is 4.90 Å². The zero-order chi connectivity index (χ0) is 17.3. The van der Waals surface area contributed by atoms with Gasteiger partial charge in [-0.25, -0.2) is 31.1 Å². The third kappa shape index (κ3) is 3.80. The van der Waals surface area contributed by atoms with Crippen molar-refractivity contribution in [3.63, 3.8) is 0 Å². The summed E-state index contributed by atoms with van der Waals surface area (Å²) in [7, 11) is -3.31. The average molecular weight is 342 g/mol. The van der Waals surface area contributed by atoms with E-state index in [0.717, 1.165) is 17.7 Å². The molecule has 126 valence electrons. The fourth-order valence-electron chi connectivity index (χ4n) is 1.59. The zero-order valence-corrected chi connectivity index (χ0v) is 13.3. The van der Waals surface area contributed by atoms with Crippen LogP contribution < -0.4 is 4.72 Å². The topological polar surface area (TPSA) is 77.4 Å². The number of sulfonamides is 1. The summed E-state index contributed by atoms with van der Waals surface area (Å²) < 4.78 is 71.6. The van der Waals surface area contributed by atoms with E-state index in [0.29, 0.717) is 6.92 Å². The minimum Gasteiger partial charge on any atom is -0.461 e. The molecule has 0 aliphatic rings. The minimum absolute atomic E-state index is 0.0249. The van der Waals surface area contributed by atoms with Gasteiger partial charge in [0, 0.05) is 20.2 Å². The largest absolute Gasteiger partial charge is 0.461 e. The number of carbonyl (C=O) groups excluding carboxylic acids is 1. The Bertz CT molecular complexity index is 665. The SMILES string of the molecule is CCOC(=O)c1c(F)c(S(=O)(=O)N[C@@H](C)C(C)(F)F)cn1C. The molecule has 1 N–H and O–H groups in total. The summed E-state index contributed by atoms with van der Waals surface area (Å²) in [6, 6.07) is -1.75. The Morgan fingerprint density at radius 3 is 2.50 bits per heavy atom. The van der Waals surface area contributed by atoms with Crippen LogP contribution in [0.2, 0.25) is 0 Å². The van der Waals surface area contributed by atoms with E-state index in [2.05, 4.69) is 4.74 Å². The number of nitrogens with zero attached hydrogens (tertiary/aromatic N) is 1. The Balaban J connectivity index is 3.23. The van der Waals surface area contributed by atoms with Gasteiger partial charge in [0.2, 0.25) is 10.0 Å². The number of esters is 1. The molecule has 0 saturated carbocycles. The van der Waals surface area contributed by atoms with Crippen molar-refractivity contribution >= 4 is 16.0 Å². The summed E-state index contributed by atoms with van der Waals surface area (Å²) in [6.07, 6.45) is 0.824. The maximum atomic E-state index is 14.2. The molecule has 0 saturated heterocycles. The molecule has 0 fully saturated rings. The van der Waals surface area contributed by atoms with Gasteiger partial charge in [0.15, 0.2) is 11.5 Å². The van der Waals surface area contributed by atoms with E-state index < -0.39 is 44.4 Å². The number of hydrogen-bond acceptors (Lipinski definition) is 4. The summed E-state index contributed by atoms with van der Waals surface area (Å²) in [5.41, 5.74) is -0.599. The molecule has 0 aliphatic heterocycles. The number of carbonyl (C=O) groups is 1. The highest BCUT2D eigenvalue weighted by atomic mass is 32.2. The van der Waals surface area contributed by atoms with Gasteiger partial charge < -0.3 is 9.30 Å². The predicted molar refractivity (Wildman–Crippen MR) is 71.7 cm³/mol. The van der Waals surface area contributed by atoms with E-state index in [-0.39, 0.29) is 6.61 Å². The molecule has 1 aromatic rings. The molecule has 0 aromatic carbocycles.